The van der Waals surface area contributed by atoms with Crippen LogP contribution in [0.4, 0.5) is 0 Å². The quantitative estimate of drug-likeness (QED) is 0.683. The summed E-state index contributed by atoms with van der Waals surface area (Å²) in [5.74, 6) is 1.29. The monoisotopic (exact) mass is 354 g/mol. The number of pyridine rings is 1. The normalized spacial score (nSPS) is 10.8. The first-order valence-electron chi connectivity index (χ1n) is 7.89. The van der Waals surface area contributed by atoms with E-state index in [1.165, 1.54) is 11.8 Å². The molecule has 0 aliphatic carbocycles. The van der Waals surface area contributed by atoms with Crippen LogP contribution in [0.15, 0.2) is 58.2 Å². The SMILES string of the molecule is CC(C)NC(=O)CSc1ccc(-c2nc(-c3ccccc3)no2)cn1. The van der Waals surface area contributed by atoms with Crippen molar-refractivity contribution < 1.29 is 9.32 Å². The fraction of sp³-hybridized carbons (Fsp3) is 0.222. The molecule has 0 saturated carbocycles. The molecule has 0 atom stereocenters. The van der Waals surface area contributed by atoms with Crippen LogP contribution < -0.4 is 5.32 Å². The third-order valence-electron chi connectivity index (χ3n) is 3.24. The van der Waals surface area contributed by atoms with Gasteiger partial charge in [0.05, 0.1) is 16.3 Å². The van der Waals surface area contributed by atoms with Gasteiger partial charge in [-0.3, -0.25) is 4.79 Å². The summed E-state index contributed by atoms with van der Waals surface area (Å²) in [6.07, 6.45) is 1.67. The van der Waals surface area contributed by atoms with Crippen LogP contribution in [0.3, 0.4) is 0 Å². The summed E-state index contributed by atoms with van der Waals surface area (Å²) in [7, 11) is 0. The second-order valence-corrected chi connectivity index (χ2v) is 6.68. The molecule has 0 saturated heterocycles. The smallest absolute Gasteiger partial charge is 0.259 e. The molecule has 7 heteroatoms. The molecular weight excluding hydrogens is 336 g/mol. The van der Waals surface area contributed by atoms with Crippen molar-refractivity contribution in [3.05, 3.63) is 48.7 Å². The van der Waals surface area contributed by atoms with Gasteiger partial charge in [0, 0.05) is 17.8 Å². The Morgan fingerprint density at radius 2 is 1.96 bits per heavy atom. The molecule has 25 heavy (non-hydrogen) atoms. The van der Waals surface area contributed by atoms with Crippen LogP contribution in [0.25, 0.3) is 22.8 Å². The molecule has 0 radical (unpaired) electrons. The van der Waals surface area contributed by atoms with E-state index < -0.39 is 0 Å². The summed E-state index contributed by atoms with van der Waals surface area (Å²) in [4.78, 5) is 20.4. The van der Waals surface area contributed by atoms with Crippen LogP contribution in [0, 0.1) is 0 Å². The number of benzene rings is 1. The lowest BCUT2D eigenvalue weighted by molar-refractivity contribution is -0.119. The van der Waals surface area contributed by atoms with E-state index in [1.54, 1.807) is 6.20 Å². The largest absolute Gasteiger partial charge is 0.353 e. The van der Waals surface area contributed by atoms with Gasteiger partial charge in [0.1, 0.15) is 0 Å². The van der Waals surface area contributed by atoms with E-state index in [0.29, 0.717) is 17.5 Å². The number of rotatable bonds is 6. The van der Waals surface area contributed by atoms with Crippen LogP contribution in [0.5, 0.6) is 0 Å². The van der Waals surface area contributed by atoms with Crippen molar-refractivity contribution in [2.24, 2.45) is 0 Å². The molecule has 6 nitrogen and oxygen atoms in total. The minimum absolute atomic E-state index is 0.00437. The van der Waals surface area contributed by atoms with Crippen molar-refractivity contribution >= 4 is 17.7 Å². The fourth-order valence-electron chi connectivity index (χ4n) is 2.14. The maximum Gasteiger partial charge on any atom is 0.259 e. The molecule has 0 aliphatic rings. The molecule has 128 valence electrons. The van der Waals surface area contributed by atoms with E-state index in [9.17, 15) is 4.79 Å². The highest BCUT2D eigenvalue weighted by Gasteiger charge is 2.11. The van der Waals surface area contributed by atoms with Crippen LogP contribution in [-0.2, 0) is 4.79 Å². The van der Waals surface area contributed by atoms with Gasteiger partial charge in [0.15, 0.2) is 0 Å². The summed E-state index contributed by atoms with van der Waals surface area (Å²) in [6.45, 7) is 3.87. The summed E-state index contributed by atoms with van der Waals surface area (Å²) >= 11 is 1.39. The minimum Gasteiger partial charge on any atom is -0.353 e. The molecule has 2 aromatic heterocycles. The standard InChI is InChI=1S/C18H18N4O2S/c1-12(2)20-15(23)11-25-16-9-8-14(10-19-16)18-21-17(22-24-18)13-6-4-3-5-7-13/h3-10,12H,11H2,1-2H3,(H,20,23). The lowest BCUT2D eigenvalue weighted by Crippen LogP contribution is -2.31. The molecule has 0 aliphatic heterocycles. The summed E-state index contributed by atoms with van der Waals surface area (Å²) in [5.41, 5.74) is 1.64. The van der Waals surface area contributed by atoms with Crippen molar-refractivity contribution in [3.63, 3.8) is 0 Å². The molecule has 1 amide bonds. The van der Waals surface area contributed by atoms with Crippen LogP contribution in [-0.4, -0.2) is 32.8 Å². The van der Waals surface area contributed by atoms with Crippen LogP contribution >= 0.6 is 11.8 Å². The van der Waals surface area contributed by atoms with Gasteiger partial charge >= 0.3 is 0 Å². The van der Waals surface area contributed by atoms with E-state index in [1.807, 2.05) is 56.3 Å². The van der Waals surface area contributed by atoms with Crippen molar-refractivity contribution in [3.8, 4) is 22.8 Å². The van der Waals surface area contributed by atoms with E-state index in [0.717, 1.165) is 16.2 Å². The lowest BCUT2D eigenvalue weighted by Gasteiger charge is -2.07. The first kappa shape index (κ1) is 17.2. The Morgan fingerprint density at radius 1 is 1.16 bits per heavy atom. The highest BCUT2D eigenvalue weighted by atomic mass is 32.2. The molecule has 0 bridgehead atoms. The predicted octanol–water partition coefficient (Wildman–Crippen LogP) is 3.42. The average Bonchev–Trinajstić information content (AvgIpc) is 3.11. The lowest BCUT2D eigenvalue weighted by atomic mass is 10.2. The molecule has 3 rings (SSSR count). The van der Waals surface area contributed by atoms with E-state index in [2.05, 4.69) is 20.4 Å². The van der Waals surface area contributed by atoms with Gasteiger partial charge in [-0.05, 0) is 26.0 Å². The van der Waals surface area contributed by atoms with Gasteiger partial charge in [0.25, 0.3) is 5.89 Å². The van der Waals surface area contributed by atoms with Gasteiger partial charge in [-0.2, -0.15) is 4.98 Å². The van der Waals surface area contributed by atoms with E-state index >= 15 is 0 Å². The molecule has 0 spiro atoms. The van der Waals surface area contributed by atoms with Crippen molar-refractivity contribution in [2.45, 2.75) is 24.9 Å². The number of hydrogen-bond acceptors (Lipinski definition) is 6. The first-order valence-corrected chi connectivity index (χ1v) is 8.88. The summed E-state index contributed by atoms with van der Waals surface area (Å²) < 4.78 is 5.31. The number of aromatic nitrogens is 3. The number of carbonyl (C=O) groups excluding carboxylic acids is 1. The first-order chi connectivity index (χ1) is 12.1. The van der Waals surface area contributed by atoms with Gasteiger partial charge < -0.3 is 9.84 Å². The number of nitrogens with zero attached hydrogens (tertiary/aromatic N) is 3. The Kier molecular flexibility index (Phi) is 5.45. The Bertz CT molecular complexity index is 832. The van der Waals surface area contributed by atoms with Gasteiger partial charge in [0.2, 0.25) is 11.7 Å². The molecule has 1 aromatic carbocycles. The zero-order valence-electron chi connectivity index (χ0n) is 14.0. The molecule has 0 unspecified atom stereocenters. The average molecular weight is 354 g/mol. The second-order valence-electron chi connectivity index (χ2n) is 5.69. The number of carbonyl (C=O) groups is 1. The number of nitrogens with one attached hydrogen (secondary N) is 1. The highest BCUT2D eigenvalue weighted by Crippen LogP contribution is 2.23. The summed E-state index contributed by atoms with van der Waals surface area (Å²) in [5, 5.41) is 7.62. The topological polar surface area (TPSA) is 80.9 Å². The predicted molar refractivity (Wildman–Crippen MR) is 97.0 cm³/mol. The second kappa shape index (κ2) is 7.94. The maximum absolute atomic E-state index is 11.7. The van der Waals surface area contributed by atoms with Gasteiger partial charge in [-0.25, -0.2) is 4.98 Å². The van der Waals surface area contributed by atoms with Crippen molar-refractivity contribution in [2.75, 3.05) is 5.75 Å². The molecule has 0 fully saturated rings. The Hall–Kier alpha value is -2.67. The van der Waals surface area contributed by atoms with Crippen molar-refractivity contribution in [1.82, 2.24) is 20.4 Å². The van der Waals surface area contributed by atoms with Crippen LogP contribution in [0.2, 0.25) is 0 Å². The zero-order valence-corrected chi connectivity index (χ0v) is 14.8. The third-order valence-corrected chi connectivity index (χ3v) is 4.19. The number of thioether (sulfide) groups is 1. The Balaban J connectivity index is 1.65. The van der Waals surface area contributed by atoms with Gasteiger partial charge in [-0.15, -0.1) is 0 Å². The maximum atomic E-state index is 11.7. The van der Waals surface area contributed by atoms with Crippen LogP contribution in [0.1, 0.15) is 13.8 Å². The zero-order chi connectivity index (χ0) is 17.6. The fourth-order valence-corrected chi connectivity index (χ4v) is 2.79. The Labute approximate surface area is 150 Å². The number of amides is 1. The van der Waals surface area contributed by atoms with Crippen molar-refractivity contribution in [1.29, 1.82) is 0 Å². The molecular formula is C18H18N4O2S. The number of hydrogen-bond donors (Lipinski definition) is 1. The highest BCUT2D eigenvalue weighted by molar-refractivity contribution is 7.99. The third kappa shape index (κ3) is 4.67. The van der Waals surface area contributed by atoms with E-state index in [-0.39, 0.29) is 11.9 Å². The minimum atomic E-state index is -0.00437. The van der Waals surface area contributed by atoms with E-state index in [4.69, 9.17) is 4.52 Å². The Morgan fingerprint density at radius 3 is 2.64 bits per heavy atom. The van der Waals surface area contributed by atoms with Gasteiger partial charge in [-0.1, -0.05) is 47.3 Å². The molecule has 3 aromatic rings. The molecule has 1 N–H and O–H groups in total. The summed E-state index contributed by atoms with van der Waals surface area (Å²) in [6, 6.07) is 13.5. The molecule has 2 heterocycles.